The number of nitrogens with zero attached hydrogens (tertiary/aromatic N) is 2. The van der Waals surface area contributed by atoms with Crippen LogP contribution in [0.5, 0.6) is 0 Å². The summed E-state index contributed by atoms with van der Waals surface area (Å²) < 4.78 is 0. The first-order valence-corrected chi connectivity index (χ1v) is 13.7. The molecule has 2 aromatic rings. The zero-order valence-electron chi connectivity index (χ0n) is 22.6. The number of carbonyl (C=O) groups is 2. The van der Waals surface area contributed by atoms with E-state index in [1.54, 1.807) is 0 Å². The topological polar surface area (TPSA) is 64.7 Å². The number of benzene rings is 2. The third-order valence-corrected chi connectivity index (χ3v) is 11.0. The van der Waals surface area contributed by atoms with Crippen molar-refractivity contribution in [2.24, 2.45) is 10.8 Å². The number of rotatable bonds is 4. The van der Waals surface area contributed by atoms with Crippen molar-refractivity contribution in [2.75, 3.05) is 10.6 Å². The first-order chi connectivity index (χ1) is 18.1. The molecular formula is C32H36N4O2. The summed E-state index contributed by atoms with van der Waals surface area (Å²) >= 11 is 0. The number of fused-ring (bicyclic) bond motifs is 10. The molecule has 0 radical (unpaired) electrons. The molecule has 5 aliphatic rings. The zero-order valence-corrected chi connectivity index (χ0v) is 22.6. The van der Waals surface area contributed by atoms with Crippen molar-refractivity contribution in [1.29, 1.82) is 0 Å². The Kier molecular flexibility index (Phi) is 4.40. The van der Waals surface area contributed by atoms with Crippen LogP contribution >= 0.6 is 0 Å². The van der Waals surface area contributed by atoms with Gasteiger partial charge in [-0.15, -0.1) is 13.2 Å². The van der Waals surface area contributed by atoms with E-state index in [1.807, 2.05) is 46.2 Å². The van der Waals surface area contributed by atoms with E-state index in [0.29, 0.717) is 12.8 Å². The Morgan fingerprint density at radius 1 is 0.737 bits per heavy atom. The summed E-state index contributed by atoms with van der Waals surface area (Å²) in [5.41, 5.74) is 2.80. The van der Waals surface area contributed by atoms with Crippen molar-refractivity contribution in [1.82, 2.24) is 9.80 Å². The van der Waals surface area contributed by atoms with Crippen molar-refractivity contribution in [2.45, 2.75) is 75.8 Å². The lowest BCUT2D eigenvalue weighted by Crippen LogP contribution is -2.66. The summed E-state index contributed by atoms with van der Waals surface area (Å²) in [5.74, 6) is 0.0733. The maximum atomic E-state index is 14.6. The standard InChI is InChI=1S/C32H36N4O2/c1-7-29(3,4)31-17-23-25(37)36-24(26(38)35(23)27(31)33-21-15-11-9-13-19(21)31)18-32(30(5,6)8-2)20-14-10-12-16-22(20)34-28(32)36/h7-16,23-24,27-28,33-34H,1-2,17-18H2,3-6H3/t23-,24-,27+,28+,31-,32-/m0/s1. The highest BCUT2D eigenvalue weighted by molar-refractivity contribution is 6.00. The Labute approximate surface area is 224 Å². The minimum absolute atomic E-state index is 0.0366. The van der Waals surface area contributed by atoms with Gasteiger partial charge in [-0.3, -0.25) is 9.59 Å². The Morgan fingerprint density at radius 2 is 1.11 bits per heavy atom. The first kappa shape index (κ1) is 23.6. The van der Waals surface area contributed by atoms with Crippen molar-refractivity contribution in [3.05, 3.63) is 85.0 Å². The molecule has 6 heteroatoms. The highest BCUT2D eigenvalue weighted by Gasteiger charge is 2.73. The second-order valence-electron chi connectivity index (χ2n) is 12.9. The summed E-state index contributed by atoms with van der Waals surface area (Å²) in [6, 6.07) is 15.5. The minimum Gasteiger partial charge on any atom is -0.364 e. The van der Waals surface area contributed by atoms with Crippen LogP contribution in [0.25, 0.3) is 0 Å². The Bertz CT molecular complexity index is 1320. The molecular weight excluding hydrogens is 472 g/mol. The highest BCUT2D eigenvalue weighted by Crippen LogP contribution is 2.64. The fourth-order valence-corrected chi connectivity index (χ4v) is 8.66. The highest BCUT2D eigenvalue weighted by atomic mass is 16.2. The van der Waals surface area contributed by atoms with Gasteiger partial charge in [-0.2, -0.15) is 0 Å². The van der Waals surface area contributed by atoms with E-state index in [9.17, 15) is 9.59 Å². The molecule has 6 nitrogen and oxygen atoms in total. The molecule has 7 rings (SSSR count). The molecule has 0 saturated carbocycles. The Balaban J connectivity index is 1.38. The van der Waals surface area contributed by atoms with Crippen LogP contribution in [0.4, 0.5) is 11.4 Å². The molecule has 2 aromatic carbocycles. The third-order valence-electron chi connectivity index (χ3n) is 11.0. The number of hydrogen-bond acceptors (Lipinski definition) is 4. The van der Waals surface area contributed by atoms with Crippen LogP contribution in [0, 0.1) is 10.8 Å². The molecule has 3 fully saturated rings. The minimum atomic E-state index is -0.531. The van der Waals surface area contributed by atoms with E-state index in [4.69, 9.17) is 0 Å². The molecule has 5 heterocycles. The van der Waals surface area contributed by atoms with Gasteiger partial charge in [0.05, 0.1) is 0 Å². The van der Waals surface area contributed by atoms with E-state index >= 15 is 0 Å². The number of amides is 2. The fraction of sp³-hybridized carbons (Fsp3) is 0.438. The molecule has 2 N–H and O–H groups in total. The van der Waals surface area contributed by atoms with Gasteiger partial charge in [-0.1, -0.05) is 76.2 Å². The van der Waals surface area contributed by atoms with Crippen LogP contribution in [-0.2, 0) is 20.4 Å². The van der Waals surface area contributed by atoms with E-state index in [1.165, 1.54) is 11.1 Å². The van der Waals surface area contributed by atoms with Gasteiger partial charge >= 0.3 is 0 Å². The maximum absolute atomic E-state index is 14.6. The smallest absolute Gasteiger partial charge is 0.247 e. The molecule has 2 amide bonds. The van der Waals surface area contributed by atoms with Gasteiger partial charge in [0, 0.05) is 22.2 Å². The van der Waals surface area contributed by atoms with Gasteiger partial charge in [0.1, 0.15) is 24.4 Å². The predicted molar refractivity (Wildman–Crippen MR) is 150 cm³/mol. The first-order valence-electron chi connectivity index (χ1n) is 13.7. The number of allylic oxidation sites excluding steroid dienone is 2. The number of nitrogens with one attached hydrogen (secondary N) is 2. The fourth-order valence-electron chi connectivity index (χ4n) is 8.66. The largest absolute Gasteiger partial charge is 0.364 e. The summed E-state index contributed by atoms with van der Waals surface area (Å²) in [6.07, 6.45) is 4.50. The van der Waals surface area contributed by atoms with Crippen LogP contribution in [0.2, 0.25) is 0 Å². The Hall–Kier alpha value is -3.54. The monoisotopic (exact) mass is 508 g/mol. The molecule has 196 valence electrons. The van der Waals surface area contributed by atoms with Crippen molar-refractivity contribution >= 4 is 23.2 Å². The normalized spacial score (nSPS) is 34.4. The molecule has 0 aromatic heterocycles. The second-order valence-corrected chi connectivity index (χ2v) is 12.9. The number of hydrogen-bond donors (Lipinski definition) is 2. The molecule has 3 saturated heterocycles. The molecule has 0 unspecified atom stereocenters. The van der Waals surface area contributed by atoms with Crippen molar-refractivity contribution in [3.8, 4) is 0 Å². The average Bonchev–Trinajstić information content (AvgIpc) is 3.62. The quantitative estimate of drug-likeness (QED) is 0.570. The maximum Gasteiger partial charge on any atom is 0.247 e. The van der Waals surface area contributed by atoms with E-state index in [0.717, 1.165) is 11.4 Å². The molecule has 6 atom stereocenters. The lowest BCUT2D eigenvalue weighted by Gasteiger charge is -2.45. The van der Waals surface area contributed by atoms with E-state index < -0.39 is 22.9 Å². The van der Waals surface area contributed by atoms with Crippen molar-refractivity contribution in [3.63, 3.8) is 0 Å². The number of piperazine rings is 1. The lowest BCUT2D eigenvalue weighted by atomic mass is 9.60. The average molecular weight is 509 g/mol. The molecule has 0 spiro atoms. The zero-order chi connectivity index (χ0) is 26.8. The summed E-state index contributed by atoms with van der Waals surface area (Å²) in [5, 5.41) is 7.36. The third kappa shape index (κ3) is 2.37. The molecule has 0 aliphatic carbocycles. The number of para-hydroxylation sites is 2. The van der Waals surface area contributed by atoms with Gasteiger partial charge in [-0.25, -0.2) is 0 Å². The summed E-state index contributed by atoms with van der Waals surface area (Å²) in [4.78, 5) is 33.0. The molecule has 0 bridgehead atoms. The van der Waals surface area contributed by atoms with Crippen LogP contribution in [0.1, 0.15) is 51.7 Å². The second kappa shape index (κ2) is 7.10. The predicted octanol–water partition coefficient (Wildman–Crippen LogP) is 5.01. The van der Waals surface area contributed by atoms with Gasteiger partial charge < -0.3 is 20.4 Å². The SMILES string of the molecule is C=CC(C)(C)[C@]12C[C@H]3C(=O)N4[C@H]5Nc6ccccc6[C@@]5(C(C)(C)C=C)C[C@H]4C(=O)N3[C@H]1Nc1ccccc12. The van der Waals surface area contributed by atoms with E-state index in [-0.39, 0.29) is 35.0 Å². The Morgan fingerprint density at radius 3 is 1.47 bits per heavy atom. The van der Waals surface area contributed by atoms with Crippen LogP contribution < -0.4 is 10.6 Å². The summed E-state index contributed by atoms with van der Waals surface area (Å²) in [6.45, 7) is 17.1. The lowest BCUT2D eigenvalue weighted by molar-refractivity contribution is -0.160. The van der Waals surface area contributed by atoms with Crippen LogP contribution in [0.3, 0.4) is 0 Å². The van der Waals surface area contributed by atoms with E-state index in [2.05, 4.69) is 75.8 Å². The number of anilines is 2. The van der Waals surface area contributed by atoms with Gasteiger partial charge in [-0.05, 0) is 46.9 Å². The van der Waals surface area contributed by atoms with Gasteiger partial charge in [0.15, 0.2) is 0 Å². The van der Waals surface area contributed by atoms with Gasteiger partial charge in [0.25, 0.3) is 0 Å². The van der Waals surface area contributed by atoms with Crippen LogP contribution in [-0.4, -0.2) is 46.0 Å². The molecule has 38 heavy (non-hydrogen) atoms. The number of carbonyl (C=O) groups excluding carboxylic acids is 2. The van der Waals surface area contributed by atoms with Crippen LogP contribution in [0.15, 0.2) is 73.8 Å². The summed E-state index contributed by atoms with van der Waals surface area (Å²) in [7, 11) is 0. The molecule has 5 aliphatic heterocycles. The van der Waals surface area contributed by atoms with Crippen molar-refractivity contribution < 1.29 is 9.59 Å². The van der Waals surface area contributed by atoms with Gasteiger partial charge in [0.2, 0.25) is 11.8 Å².